The molecule has 1 aliphatic rings. The van der Waals surface area contributed by atoms with Gasteiger partial charge in [-0.3, -0.25) is 14.9 Å². The largest absolute Gasteiger partial charge is 0.393 e. The molecule has 1 atom stereocenters. The van der Waals surface area contributed by atoms with E-state index in [1.54, 1.807) is 13.0 Å². The van der Waals surface area contributed by atoms with E-state index in [1.807, 2.05) is 0 Å². The van der Waals surface area contributed by atoms with Gasteiger partial charge in [-0.05, 0) is 37.3 Å². The van der Waals surface area contributed by atoms with Crippen LogP contribution in [0.1, 0.15) is 48.0 Å². The number of nitrogen functional groups attached to an aromatic ring is 1. The van der Waals surface area contributed by atoms with E-state index in [4.69, 9.17) is 11.5 Å². The lowest BCUT2D eigenvalue weighted by molar-refractivity contribution is -0.384. The Hall–Kier alpha value is -2.15. The van der Waals surface area contributed by atoms with Gasteiger partial charge in [0.25, 0.3) is 11.6 Å². The molecule has 1 fully saturated rings. The predicted molar refractivity (Wildman–Crippen MR) is 89.1 cm³/mol. The molecule has 0 bridgehead atoms. The maximum atomic E-state index is 12.5. The number of carbonyl (C=O) groups excluding carboxylic acids is 1. The standard InChI is InChI=1S/C16H24N4O3/c1-10-7-12(15(18)14(8-10)20(22)23)16(21)19-13(9-17)11-5-3-2-4-6-11/h7-8,11,13H,2-6,9,17-18H2,1H3,(H,19,21). The van der Waals surface area contributed by atoms with Gasteiger partial charge >= 0.3 is 0 Å². The summed E-state index contributed by atoms with van der Waals surface area (Å²) >= 11 is 0. The highest BCUT2D eigenvalue weighted by atomic mass is 16.6. The Morgan fingerprint density at radius 1 is 1.39 bits per heavy atom. The fourth-order valence-corrected chi connectivity index (χ4v) is 3.27. The smallest absolute Gasteiger partial charge is 0.293 e. The van der Waals surface area contributed by atoms with Crippen molar-refractivity contribution in [3.63, 3.8) is 0 Å². The monoisotopic (exact) mass is 320 g/mol. The number of carbonyl (C=O) groups is 1. The van der Waals surface area contributed by atoms with Crippen LogP contribution in [0.2, 0.25) is 0 Å². The molecule has 7 heteroatoms. The van der Waals surface area contributed by atoms with E-state index in [0.717, 1.165) is 25.7 Å². The summed E-state index contributed by atoms with van der Waals surface area (Å²) in [4.78, 5) is 23.0. The fraction of sp³-hybridized carbons (Fsp3) is 0.562. The molecule has 0 aromatic heterocycles. The minimum atomic E-state index is -0.569. The second kappa shape index (κ2) is 7.41. The third-order valence-corrected chi connectivity index (χ3v) is 4.53. The third kappa shape index (κ3) is 3.98. The number of anilines is 1. The Balaban J connectivity index is 2.20. The second-order valence-corrected chi connectivity index (χ2v) is 6.22. The van der Waals surface area contributed by atoms with Gasteiger partial charge in [-0.25, -0.2) is 0 Å². The summed E-state index contributed by atoms with van der Waals surface area (Å²) < 4.78 is 0. The summed E-state index contributed by atoms with van der Waals surface area (Å²) in [5.41, 5.74) is 12.1. The average Bonchev–Trinajstić information content (AvgIpc) is 2.54. The number of nitro benzene ring substituents is 1. The van der Waals surface area contributed by atoms with E-state index in [1.165, 1.54) is 12.5 Å². The molecule has 7 nitrogen and oxygen atoms in total. The first-order valence-electron chi connectivity index (χ1n) is 7.99. The van der Waals surface area contributed by atoms with Crippen molar-refractivity contribution in [3.8, 4) is 0 Å². The van der Waals surface area contributed by atoms with Gasteiger partial charge in [-0.15, -0.1) is 0 Å². The molecule has 0 heterocycles. The van der Waals surface area contributed by atoms with E-state index in [0.29, 0.717) is 18.0 Å². The van der Waals surface area contributed by atoms with Crippen LogP contribution < -0.4 is 16.8 Å². The van der Waals surface area contributed by atoms with Crippen molar-refractivity contribution in [2.24, 2.45) is 11.7 Å². The Bertz CT molecular complexity index is 597. The van der Waals surface area contributed by atoms with E-state index < -0.39 is 10.8 Å². The van der Waals surface area contributed by atoms with Gasteiger partial charge in [-0.1, -0.05) is 19.3 Å². The highest BCUT2D eigenvalue weighted by Gasteiger charge is 2.26. The molecule has 0 spiro atoms. The lowest BCUT2D eigenvalue weighted by Gasteiger charge is -2.30. The molecule has 1 saturated carbocycles. The van der Waals surface area contributed by atoms with Gasteiger partial charge in [0.1, 0.15) is 5.69 Å². The molecular formula is C16H24N4O3. The molecule has 1 unspecified atom stereocenters. The van der Waals surface area contributed by atoms with Crippen LogP contribution in [-0.2, 0) is 0 Å². The van der Waals surface area contributed by atoms with E-state index in [9.17, 15) is 14.9 Å². The van der Waals surface area contributed by atoms with Crippen LogP contribution in [-0.4, -0.2) is 23.4 Å². The summed E-state index contributed by atoms with van der Waals surface area (Å²) in [5, 5.41) is 14.0. The van der Waals surface area contributed by atoms with Crippen LogP contribution >= 0.6 is 0 Å². The van der Waals surface area contributed by atoms with Crippen molar-refractivity contribution in [1.29, 1.82) is 0 Å². The van der Waals surface area contributed by atoms with Gasteiger partial charge < -0.3 is 16.8 Å². The number of benzene rings is 1. The Kier molecular flexibility index (Phi) is 5.54. The maximum Gasteiger partial charge on any atom is 0.293 e. The molecule has 1 amide bonds. The number of aryl methyl sites for hydroxylation is 1. The van der Waals surface area contributed by atoms with E-state index >= 15 is 0 Å². The second-order valence-electron chi connectivity index (χ2n) is 6.22. The highest BCUT2D eigenvalue weighted by Crippen LogP contribution is 2.29. The molecule has 1 aromatic carbocycles. The molecule has 5 N–H and O–H groups in total. The van der Waals surface area contributed by atoms with Gasteiger partial charge in [-0.2, -0.15) is 0 Å². The van der Waals surface area contributed by atoms with Crippen LogP contribution in [0, 0.1) is 23.0 Å². The summed E-state index contributed by atoms with van der Waals surface area (Å²) in [6.07, 6.45) is 5.61. The number of hydrogen-bond acceptors (Lipinski definition) is 5. The third-order valence-electron chi connectivity index (χ3n) is 4.53. The number of rotatable bonds is 5. The van der Waals surface area contributed by atoms with Crippen LogP contribution in [0.15, 0.2) is 12.1 Å². The molecule has 0 aliphatic heterocycles. The summed E-state index contributed by atoms with van der Waals surface area (Å²) in [5.74, 6) is -0.0333. The van der Waals surface area contributed by atoms with Crippen LogP contribution in [0.4, 0.5) is 11.4 Å². The minimum absolute atomic E-state index is 0.0995. The van der Waals surface area contributed by atoms with Crippen molar-refractivity contribution in [2.45, 2.75) is 45.1 Å². The number of nitrogens with one attached hydrogen (secondary N) is 1. The molecule has 2 rings (SSSR count). The maximum absolute atomic E-state index is 12.5. The normalized spacial score (nSPS) is 16.8. The van der Waals surface area contributed by atoms with E-state index in [2.05, 4.69) is 5.32 Å². The number of amides is 1. The summed E-state index contributed by atoms with van der Waals surface area (Å²) in [6, 6.07) is 2.82. The topological polar surface area (TPSA) is 124 Å². The van der Waals surface area contributed by atoms with Crippen LogP contribution in [0.25, 0.3) is 0 Å². The first-order chi connectivity index (χ1) is 10.9. The molecule has 0 saturated heterocycles. The summed E-state index contributed by atoms with van der Waals surface area (Å²) in [7, 11) is 0. The Morgan fingerprint density at radius 2 is 2.04 bits per heavy atom. The highest BCUT2D eigenvalue weighted by molar-refractivity contribution is 6.01. The molecule has 126 valence electrons. The lowest BCUT2D eigenvalue weighted by atomic mass is 9.83. The fourth-order valence-electron chi connectivity index (χ4n) is 3.27. The summed E-state index contributed by atoms with van der Waals surface area (Å²) in [6.45, 7) is 2.05. The van der Waals surface area contributed by atoms with Crippen molar-refractivity contribution in [1.82, 2.24) is 5.32 Å². The van der Waals surface area contributed by atoms with Crippen molar-refractivity contribution in [2.75, 3.05) is 12.3 Å². The zero-order valence-corrected chi connectivity index (χ0v) is 13.4. The van der Waals surface area contributed by atoms with Crippen LogP contribution in [0.3, 0.4) is 0 Å². The predicted octanol–water partition coefficient (Wildman–Crippen LogP) is 2.12. The average molecular weight is 320 g/mol. The van der Waals surface area contributed by atoms with Gasteiger partial charge in [0.2, 0.25) is 0 Å². The molecule has 0 radical (unpaired) electrons. The number of hydrogen-bond donors (Lipinski definition) is 3. The SMILES string of the molecule is Cc1cc(C(=O)NC(CN)C2CCCCC2)c(N)c([N+](=O)[O-])c1. The van der Waals surface area contributed by atoms with Gasteiger partial charge in [0.05, 0.1) is 10.5 Å². The van der Waals surface area contributed by atoms with E-state index in [-0.39, 0.29) is 23.0 Å². The number of nitrogens with zero attached hydrogens (tertiary/aromatic N) is 1. The van der Waals surface area contributed by atoms with Gasteiger partial charge in [0.15, 0.2) is 0 Å². The lowest BCUT2D eigenvalue weighted by Crippen LogP contribution is -2.46. The van der Waals surface area contributed by atoms with Crippen molar-refractivity contribution in [3.05, 3.63) is 33.4 Å². The quantitative estimate of drug-likeness (QED) is 0.435. The zero-order valence-electron chi connectivity index (χ0n) is 13.4. The first kappa shape index (κ1) is 17.2. The van der Waals surface area contributed by atoms with Crippen LogP contribution in [0.5, 0.6) is 0 Å². The first-order valence-corrected chi connectivity index (χ1v) is 7.99. The van der Waals surface area contributed by atoms with Crippen molar-refractivity contribution < 1.29 is 9.72 Å². The van der Waals surface area contributed by atoms with Gasteiger partial charge in [0, 0.05) is 18.7 Å². The number of nitro groups is 1. The Morgan fingerprint density at radius 3 is 2.61 bits per heavy atom. The molecular weight excluding hydrogens is 296 g/mol. The van der Waals surface area contributed by atoms with Crippen molar-refractivity contribution >= 4 is 17.3 Å². The molecule has 23 heavy (non-hydrogen) atoms. The molecule has 1 aromatic rings. The zero-order chi connectivity index (χ0) is 17.0. The minimum Gasteiger partial charge on any atom is -0.393 e. The Labute approximate surface area is 135 Å². The number of nitrogens with two attached hydrogens (primary N) is 2. The molecule has 1 aliphatic carbocycles.